The van der Waals surface area contributed by atoms with Crippen molar-refractivity contribution in [2.24, 2.45) is 17.8 Å². The van der Waals surface area contributed by atoms with Crippen LogP contribution in [-0.2, 0) is 7.05 Å². The Hall–Kier alpha value is -4.13. The molecule has 0 fully saturated rings. The number of nitrogens with two attached hydrogens (primary N) is 1. The molecule has 4 rings (SSSR count). The summed E-state index contributed by atoms with van der Waals surface area (Å²) in [6.45, 7) is 7.60. The van der Waals surface area contributed by atoms with Crippen LogP contribution in [0, 0.1) is 0 Å². The van der Waals surface area contributed by atoms with Gasteiger partial charge in [-0.2, -0.15) is 5.10 Å². The molecule has 0 saturated heterocycles. The van der Waals surface area contributed by atoms with E-state index in [4.69, 9.17) is 5.73 Å². The van der Waals surface area contributed by atoms with Gasteiger partial charge >= 0.3 is 0 Å². The third-order valence-corrected chi connectivity index (χ3v) is 5.24. The van der Waals surface area contributed by atoms with Gasteiger partial charge in [-0.1, -0.05) is 43.0 Å². The highest BCUT2D eigenvalue weighted by Gasteiger charge is 2.19. The minimum absolute atomic E-state index is 0.0964. The van der Waals surface area contributed by atoms with Gasteiger partial charge in [-0.15, -0.1) is 0 Å². The lowest BCUT2D eigenvalue weighted by Gasteiger charge is -2.22. The monoisotopic (exact) mass is 426 g/mol. The van der Waals surface area contributed by atoms with E-state index in [1.165, 1.54) is 0 Å². The van der Waals surface area contributed by atoms with Crippen molar-refractivity contribution < 1.29 is 0 Å². The summed E-state index contributed by atoms with van der Waals surface area (Å²) in [5, 5.41) is 9.03. The minimum Gasteiger partial charge on any atom is -0.387 e. The van der Waals surface area contributed by atoms with Gasteiger partial charge in [0.15, 0.2) is 0 Å². The SMILES string of the molecule is C=C(N=C(C)N)N[C@@H](C)c1cc2cccc(-c3cnn(C)c3)c2c(=O)n1-c1ccccc1. The van der Waals surface area contributed by atoms with E-state index >= 15 is 0 Å². The van der Waals surface area contributed by atoms with E-state index in [0.29, 0.717) is 17.0 Å². The van der Waals surface area contributed by atoms with Crippen LogP contribution in [-0.4, -0.2) is 20.2 Å². The number of hydrogen-bond acceptors (Lipinski definition) is 4. The van der Waals surface area contributed by atoms with Crippen LogP contribution in [0.5, 0.6) is 0 Å². The molecule has 0 aliphatic carbocycles. The number of amidine groups is 1. The molecule has 0 aliphatic heterocycles. The van der Waals surface area contributed by atoms with Gasteiger partial charge in [-0.3, -0.25) is 14.0 Å². The van der Waals surface area contributed by atoms with Crippen molar-refractivity contribution in [3.8, 4) is 16.8 Å². The molecule has 0 spiro atoms. The van der Waals surface area contributed by atoms with Crippen LogP contribution < -0.4 is 16.6 Å². The lowest BCUT2D eigenvalue weighted by atomic mass is 10.00. The molecule has 0 unspecified atom stereocenters. The Morgan fingerprint density at radius 2 is 1.94 bits per heavy atom. The van der Waals surface area contributed by atoms with Crippen molar-refractivity contribution in [3.05, 3.63) is 95.4 Å². The second-order valence-corrected chi connectivity index (χ2v) is 7.78. The molecule has 0 bridgehead atoms. The lowest BCUT2D eigenvalue weighted by molar-refractivity contribution is 0.612. The zero-order chi connectivity index (χ0) is 22.8. The Bertz CT molecular complexity index is 1380. The van der Waals surface area contributed by atoms with Crippen LogP contribution in [0.4, 0.5) is 0 Å². The summed E-state index contributed by atoms with van der Waals surface area (Å²) in [4.78, 5) is 18.1. The molecular formula is C25H26N6O. The number of nitrogens with zero attached hydrogens (tertiary/aromatic N) is 4. The molecule has 162 valence electrons. The molecule has 0 amide bonds. The molecular weight excluding hydrogens is 400 g/mol. The van der Waals surface area contributed by atoms with Crippen LogP contribution in [0.1, 0.15) is 25.6 Å². The van der Waals surface area contributed by atoms with E-state index in [0.717, 1.165) is 27.9 Å². The molecule has 7 nitrogen and oxygen atoms in total. The fourth-order valence-electron chi connectivity index (χ4n) is 3.91. The smallest absolute Gasteiger partial charge is 0.263 e. The first-order valence-corrected chi connectivity index (χ1v) is 10.3. The zero-order valence-corrected chi connectivity index (χ0v) is 18.4. The molecule has 2 aromatic heterocycles. The highest BCUT2D eigenvalue weighted by atomic mass is 16.1. The normalized spacial score (nSPS) is 12.7. The molecule has 4 aromatic rings. The van der Waals surface area contributed by atoms with E-state index < -0.39 is 0 Å². The standard InChI is InChI=1S/C25H26N6O/c1-16(28-18(3)29-17(2)26)23-13-19-9-8-12-22(20-14-27-30(4)15-20)24(19)25(32)31(23)21-10-6-5-7-11-21/h5-16,28H,3H2,1-2,4H3,(H2,26,29)/t16-/m0/s1. The van der Waals surface area contributed by atoms with Gasteiger partial charge in [0.25, 0.3) is 5.56 Å². The zero-order valence-electron chi connectivity index (χ0n) is 18.4. The summed E-state index contributed by atoms with van der Waals surface area (Å²) < 4.78 is 3.47. The number of para-hydroxylation sites is 1. The average Bonchev–Trinajstić information content (AvgIpc) is 3.19. The van der Waals surface area contributed by atoms with Gasteiger partial charge in [-0.05, 0) is 43.0 Å². The molecule has 0 aliphatic rings. The molecule has 32 heavy (non-hydrogen) atoms. The number of pyridine rings is 1. The van der Waals surface area contributed by atoms with Crippen molar-refractivity contribution in [2.45, 2.75) is 19.9 Å². The highest BCUT2D eigenvalue weighted by molar-refractivity contribution is 5.96. The van der Waals surface area contributed by atoms with Gasteiger partial charge in [0.05, 0.1) is 23.5 Å². The second kappa shape index (κ2) is 8.55. The number of hydrogen-bond donors (Lipinski definition) is 2. The number of benzene rings is 2. The van der Waals surface area contributed by atoms with Crippen LogP contribution in [0.15, 0.2) is 89.2 Å². The largest absolute Gasteiger partial charge is 0.387 e. The van der Waals surface area contributed by atoms with Crippen LogP contribution in [0.3, 0.4) is 0 Å². The number of aromatic nitrogens is 3. The predicted octanol–water partition coefficient (Wildman–Crippen LogP) is 3.89. The van der Waals surface area contributed by atoms with Crippen LogP contribution in [0.25, 0.3) is 27.6 Å². The maximum absolute atomic E-state index is 14.0. The van der Waals surface area contributed by atoms with Crippen LogP contribution in [0.2, 0.25) is 0 Å². The highest BCUT2D eigenvalue weighted by Crippen LogP contribution is 2.29. The molecule has 0 saturated carbocycles. The fraction of sp³-hybridized carbons (Fsp3) is 0.160. The Balaban J connectivity index is 1.97. The van der Waals surface area contributed by atoms with Crippen molar-refractivity contribution >= 4 is 16.6 Å². The van der Waals surface area contributed by atoms with Gasteiger partial charge in [-0.25, -0.2) is 4.99 Å². The first-order chi connectivity index (χ1) is 15.3. The van der Waals surface area contributed by atoms with Gasteiger partial charge in [0.2, 0.25) is 0 Å². The van der Waals surface area contributed by atoms with E-state index in [1.807, 2.05) is 74.8 Å². The van der Waals surface area contributed by atoms with Crippen LogP contribution >= 0.6 is 0 Å². The molecule has 0 radical (unpaired) electrons. The lowest BCUT2D eigenvalue weighted by Crippen LogP contribution is -2.28. The number of nitrogens with one attached hydrogen (secondary N) is 1. The quantitative estimate of drug-likeness (QED) is 0.362. The summed E-state index contributed by atoms with van der Waals surface area (Å²) in [6, 6.07) is 17.3. The maximum atomic E-state index is 14.0. The van der Waals surface area contributed by atoms with Crippen molar-refractivity contribution in [2.75, 3.05) is 0 Å². The third-order valence-electron chi connectivity index (χ3n) is 5.24. The Labute approximate surface area is 186 Å². The third kappa shape index (κ3) is 4.05. The summed E-state index contributed by atoms with van der Waals surface area (Å²) in [7, 11) is 1.86. The topological polar surface area (TPSA) is 90.2 Å². The summed E-state index contributed by atoms with van der Waals surface area (Å²) >= 11 is 0. The Kier molecular flexibility index (Phi) is 5.64. The Morgan fingerprint density at radius 3 is 2.59 bits per heavy atom. The molecule has 2 aromatic carbocycles. The van der Waals surface area contributed by atoms with E-state index in [1.54, 1.807) is 22.4 Å². The van der Waals surface area contributed by atoms with Gasteiger partial charge in [0.1, 0.15) is 5.82 Å². The molecule has 3 N–H and O–H groups in total. The van der Waals surface area contributed by atoms with Crippen molar-refractivity contribution in [1.29, 1.82) is 0 Å². The molecule has 7 heteroatoms. The fourth-order valence-corrected chi connectivity index (χ4v) is 3.91. The Morgan fingerprint density at radius 1 is 1.19 bits per heavy atom. The number of aryl methyl sites for hydroxylation is 1. The van der Waals surface area contributed by atoms with E-state index in [-0.39, 0.29) is 11.6 Å². The molecule has 2 heterocycles. The second-order valence-electron chi connectivity index (χ2n) is 7.78. The summed E-state index contributed by atoms with van der Waals surface area (Å²) in [6.07, 6.45) is 3.69. The number of fused-ring (bicyclic) bond motifs is 1. The van der Waals surface area contributed by atoms with Crippen molar-refractivity contribution in [3.63, 3.8) is 0 Å². The number of rotatable bonds is 6. The summed E-state index contributed by atoms with van der Waals surface area (Å²) in [5.74, 6) is 0.851. The first-order valence-electron chi connectivity index (χ1n) is 10.3. The average molecular weight is 427 g/mol. The minimum atomic E-state index is -0.245. The van der Waals surface area contributed by atoms with Gasteiger partial charge < -0.3 is 11.1 Å². The summed E-state index contributed by atoms with van der Waals surface area (Å²) in [5.41, 5.74) is 8.92. The maximum Gasteiger partial charge on any atom is 0.263 e. The first kappa shape index (κ1) is 21.1. The van der Waals surface area contributed by atoms with Crippen molar-refractivity contribution in [1.82, 2.24) is 19.7 Å². The number of aliphatic imine (C=N–C) groups is 1. The van der Waals surface area contributed by atoms with E-state index in [9.17, 15) is 4.79 Å². The predicted molar refractivity (Wildman–Crippen MR) is 130 cm³/mol. The van der Waals surface area contributed by atoms with Gasteiger partial charge in [0, 0.05) is 30.2 Å². The molecule has 1 atom stereocenters. The van der Waals surface area contributed by atoms with E-state index in [2.05, 4.69) is 22.0 Å².